The van der Waals surface area contributed by atoms with Gasteiger partial charge in [-0.2, -0.15) is 0 Å². The van der Waals surface area contributed by atoms with E-state index >= 15 is 0 Å². The van der Waals surface area contributed by atoms with Crippen molar-refractivity contribution in [2.45, 2.75) is 19.4 Å². The first-order valence-corrected chi connectivity index (χ1v) is 9.18. The van der Waals surface area contributed by atoms with Crippen LogP contribution in [-0.4, -0.2) is 36.1 Å². The van der Waals surface area contributed by atoms with Crippen LogP contribution < -0.4 is 5.32 Å². The van der Waals surface area contributed by atoms with Crippen molar-refractivity contribution in [1.29, 1.82) is 0 Å². The van der Waals surface area contributed by atoms with Crippen molar-refractivity contribution in [3.8, 4) is 0 Å². The molecule has 25 heavy (non-hydrogen) atoms. The molecule has 1 atom stereocenters. The Morgan fingerprint density at radius 1 is 1.00 bits per heavy atom. The van der Waals surface area contributed by atoms with Gasteiger partial charge < -0.3 is 5.32 Å². The van der Waals surface area contributed by atoms with Crippen LogP contribution in [0.5, 0.6) is 0 Å². The quantitative estimate of drug-likeness (QED) is 0.788. The van der Waals surface area contributed by atoms with Crippen molar-refractivity contribution >= 4 is 10.9 Å². The van der Waals surface area contributed by atoms with Crippen LogP contribution >= 0.6 is 0 Å². The van der Waals surface area contributed by atoms with Crippen molar-refractivity contribution in [1.82, 2.24) is 15.2 Å². The summed E-state index contributed by atoms with van der Waals surface area (Å²) in [6, 6.07) is 19.7. The van der Waals surface area contributed by atoms with Crippen LogP contribution in [0, 0.1) is 6.92 Å². The van der Waals surface area contributed by atoms with Crippen LogP contribution in [0.1, 0.15) is 29.2 Å². The van der Waals surface area contributed by atoms with Crippen molar-refractivity contribution in [2.24, 2.45) is 0 Å². The molecule has 0 saturated carbocycles. The molecule has 4 rings (SSSR count). The Bertz CT molecular complexity index is 851. The van der Waals surface area contributed by atoms with Crippen LogP contribution in [0.4, 0.5) is 0 Å². The van der Waals surface area contributed by atoms with Gasteiger partial charge >= 0.3 is 0 Å². The number of hydrogen-bond donors (Lipinski definition) is 1. The summed E-state index contributed by atoms with van der Waals surface area (Å²) in [5.41, 5.74) is 5.08. The maximum absolute atomic E-state index is 4.73. The number of nitrogens with zero attached hydrogens (tertiary/aromatic N) is 2. The summed E-state index contributed by atoms with van der Waals surface area (Å²) in [6.45, 7) is 6.54. The predicted octanol–water partition coefficient (Wildman–Crippen LogP) is 3.93. The molecule has 0 bridgehead atoms. The van der Waals surface area contributed by atoms with Crippen LogP contribution in [0.15, 0.2) is 60.8 Å². The summed E-state index contributed by atoms with van der Waals surface area (Å²) in [4.78, 5) is 7.34. The van der Waals surface area contributed by atoms with Gasteiger partial charge in [-0.1, -0.05) is 42.5 Å². The van der Waals surface area contributed by atoms with E-state index in [4.69, 9.17) is 4.98 Å². The second-order valence-corrected chi connectivity index (χ2v) is 6.86. The standard InChI is InChI=1S/C22H25N3/c1-17-7-2-4-9-20(17)22(25-13-6-11-23-12-14-25)19-15-18-8-3-5-10-21(18)24-16-19/h2-5,7-10,15-16,22-23H,6,11-14H2,1H3. The topological polar surface area (TPSA) is 28.2 Å². The van der Waals surface area contributed by atoms with Gasteiger partial charge in [0, 0.05) is 31.2 Å². The van der Waals surface area contributed by atoms with E-state index < -0.39 is 0 Å². The number of benzene rings is 2. The minimum atomic E-state index is 0.262. The molecule has 0 radical (unpaired) electrons. The number of para-hydroxylation sites is 1. The van der Waals surface area contributed by atoms with Gasteiger partial charge in [0.15, 0.2) is 0 Å². The van der Waals surface area contributed by atoms with E-state index in [9.17, 15) is 0 Å². The van der Waals surface area contributed by atoms with Gasteiger partial charge in [0.25, 0.3) is 0 Å². The highest BCUT2D eigenvalue weighted by atomic mass is 15.2. The smallest absolute Gasteiger partial charge is 0.0702 e. The second kappa shape index (κ2) is 7.34. The van der Waals surface area contributed by atoms with E-state index in [1.54, 1.807) is 0 Å². The van der Waals surface area contributed by atoms with Crippen molar-refractivity contribution in [3.63, 3.8) is 0 Å². The molecular weight excluding hydrogens is 306 g/mol. The fourth-order valence-electron chi connectivity index (χ4n) is 3.84. The van der Waals surface area contributed by atoms with Gasteiger partial charge in [-0.05, 0) is 48.7 Å². The first kappa shape index (κ1) is 16.2. The average molecular weight is 331 g/mol. The molecule has 0 amide bonds. The molecule has 1 unspecified atom stereocenters. The SMILES string of the molecule is Cc1ccccc1C(c1cnc2ccccc2c1)N1CCCNCC1. The molecule has 1 aliphatic rings. The lowest BCUT2D eigenvalue weighted by atomic mass is 9.93. The molecule has 3 aromatic rings. The molecule has 0 aliphatic carbocycles. The van der Waals surface area contributed by atoms with Crippen LogP contribution in [0.25, 0.3) is 10.9 Å². The summed E-state index contributed by atoms with van der Waals surface area (Å²) in [5.74, 6) is 0. The highest BCUT2D eigenvalue weighted by Gasteiger charge is 2.24. The van der Waals surface area contributed by atoms with Gasteiger partial charge in [-0.15, -0.1) is 0 Å². The van der Waals surface area contributed by atoms with Gasteiger partial charge in [0.1, 0.15) is 0 Å². The van der Waals surface area contributed by atoms with E-state index in [2.05, 4.69) is 71.9 Å². The number of rotatable bonds is 3. The molecule has 1 aromatic heterocycles. The van der Waals surface area contributed by atoms with Gasteiger partial charge in [-0.3, -0.25) is 9.88 Å². The fourth-order valence-corrected chi connectivity index (χ4v) is 3.84. The molecule has 2 aromatic carbocycles. The summed E-state index contributed by atoms with van der Waals surface area (Å²) < 4.78 is 0. The van der Waals surface area contributed by atoms with Crippen molar-refractivity contribution < 1.29 is 0 Å². The Morgan fingerprint density at radius 3 is 2.76 bits per heavy atom. The lowest BCUT2D eigenvalue weighted by Gasteiger charge is -2.32. The van der Waals surface area contributed by atoms with Crippen LogP contribution in [0.3, 0.4) is 0 Å². The zero-order chi connectivity index (χ0) is 17.1. The molecule has 1 aliphatic heterocycles. The summed E-state index contributed by atoms with van der Waals surface area (Å²) >= 11 is 0. The molecule has 1 N–H and O–H groups in total. The molecular formula is C22H25N3. The maximum atomic E-state index is 4.73. The van der Waals surface area contributed by atoms with Crippen LogP contribution in [0.2, 0.25) is 0 Å². The Hall–Kier alpha value is -2.23. The van der Waals surface area contributed by atoms with Crippen LogP contribution in [-0.2, 0) is 0 Å². The second-order valence-electron chi connectivity index (χ2n) is 6.86. The molecule has 0 spiro atoms. The first-order valence-electron chi connectivity index (χ1n) is 9.18. The van der Waals surface area contributed by atoms with E-state index in [1.807, 2.05) is 6.07 Å². The molecule has 1 fully saturated rings. The van der Waals surface area contributed by atoms with E-state index in [0.717, 1.165) is 31.7 Å². The fraction of sp³-hybridized carbons (Fsp3) is 0.318. The van der Waals surface area contributed by atoms with Gasteiger partial charge in [-0.25, -0.2) is 0 Å². The number of fused-ring (bicyclic) bond motifs is 1. The monoisotopic (exact) mass is 331 g/mol. The molecule has 3 heteroatoms. The minimum Gasteiger partial charge on any atom is -0.315 e. The average Bonchev–Trinajstić information content (AvgIpc) is 2.93. The minimum absolute atomic E-state index is 0.262. The lowest BCUT2D eigenvalue weighted by Crippen LogP contribution is -2.33. The molecule has 1 saturated heterocycles. The Balaban J connectivity index is 1.81. The summed E-state index contributed by atoms with van der Waals surface area (Å²) in [5, 5.41) is 4.74. The van der Waals surface area contributed by atoms with Crippen molar-refractivity contribution in [2.75, 3.05) is 26.2 Å². The zero-order valence-corrected chi connectivity index (χ0v) is 14.8. The number of aryl methyl sites for hydroxylation is 1. The number of nitrogens with one attached hydrogen (secondary N) is 1. The normalized spacial score (nSPS) is 17.3. The predicted molar refractivity (Wildman–Crippen MR) is 104 cm³/mol. The van der Waals surface area contributed by atoms with E-state index in [-0.39, 0.29) is 6.04 Å². The highest BCUT2D eigenvalue weighted by Crippen LogP contribution is 2.32. The maximum Gasteiger partial charge on any atom is 0.0702 e. The number of hydrogen-bond acceptors (Lipinski definition) is 3. The lowest BCUT2D eigenvalue weighted by molar-refractivity contribution is 0.240. The third-order valence-electron chi connectivity index (χ3n) is 5.15. The van der Waals surface area contributed by atoms with Gasteiger partial charge in [0.05, 0.1) is 11.6 Å². The summed E-state index contributed by atoms with van der Waals surface area (Å²) in [7, 11) is 0. The molecule has 2 heterocycles. The highest BCUT2D eigenvalue weighted by molar-refractivity contribution is 5.79. The van der Waals surface area contributed by atoms with Gasteiger partial charge in [0.2, 0.25) is 0 Å². The zero-order valence-electron chi connectivity index (χ0n) is 14.8. The molecule has 3 nitrogen and oxygen atoms in total. The third-order valence-corrected chi connectivity index (χ3v) is 5.15. The Kier molecular flexibility index (Phi) is 4.77. The van der Waals surface area contributed by atoms with E-state index in [0.29, 0.717) is 0 Å². The first-order chi connectivity index (χ1) is 12.3. The third kappa shape index (κ3) is 3.44. The van der Waals surface area contributed by atoms with Crippen molar-refractivity contribution in [3.05, 3.63) is 77.5 Å². The summed E-state index contributed by atoms with van der Waals surface area (Å²) in [6.07, 6.45) is 3.25. The van der Waals surface area contributed by atoms with E-state index in [1.165, 1.54) is 28.5 Å². The largest absolute Gasteiger partial charge is 0.315 e. The molecule has 128 valence electrons. The Labute approximate surface area is 149 Å². The number of pyridine rings is 1. The Morgan fingerprint density at radius 2 is 1.84 bits per heavy atom. The number of aromatic nitrogens is 1.